The summed E-state index contributed by atoms with van der Waals surface area (Å²) in [5, 5.41) is 0. The molecule has 0 heterocycles. The van der Waals surface area contributed by atoms with Gasteiger partial charge in [0, 0.05) is 0 Å². The predicted octanol–water partition coefficient (Wildman–Crippen LogP) is 9.33. The van der Waals surface area contributed by atoms with Gasteiger partial charge in [-0.05, 0) is 0 Å². The molecule has 1 aromatic rings. The van der Waals surface area contributed by atoms with Crippen LogP contribution in [0.1, 0.15) is 104 Å². The Balaban J connectivity index is 3.22. The summed E-state index contributed by atoms with van der Waals surface area (Å²) >= 11 is -2.39. The number of methoxy groups -OCH3 is 1. The van der Waals surface area contributed by atoms with Crippen molar-refractivity contribution >= 4 is 18.4 Å². The fourth-order valence-corrected chi connectivity index (χ4v) is 21.3. The monoisotopic (exact) mass is 532 g/mol. The van der Waals surface area contributed by atoms with Crippen LogP contribution in [0, 0.1) is 11.8 Å². The van der Waals surface area contributed by atoms with Crippen molar-refractivity contribution in [3.05, 3.63) is 39.5 Å². The molecule has 0 spiro atoms. The van der Waals surface area contributed by atoms with E-state index in [0.29, 0.717) is 0 Å². The molecule has 0 N–H and O–H groups in total. The van der Waals surface area contributed by atoms with Crippen LogP contribution in [0.4, 0.5) is 0 Å². The summed E-state index contributed by atoms with van der Waals surface area (Å²) in [6.07, 6.45) is 17.4. The molecule has 174 valence electrons. The van der Waals surface area contributed by atoms with E-state index in [9.17, 15) is 0 Å². The molecular formula is C29H48OSn. The van der Waals surface area contributed by atoms with Crippen LogP contribution in [0.25, 0.3) is 0 Å². The third-order valence-electron chi connectivity index (χ3n) is 6.56. The van der Waals surface area contributed by atoms with Crippen LogP contribution in [0.3, 0.4) is 0 Å². The molecule has 2 heteroatoms. The molecule has 0 aliphatic carbocycles. The first-order valence-corrected chi connectivity index (χ1v) is 20.5. The molecule has 0 aliphatic rings. The van der Waals surface area contributed by atoms with Gasteiger partial charge in [-0.25, -0.2) is 0 Å². The van der Waals surface area contributed by atoms with Crippen molar-refractivity contribution in [1.82, 2.24) is 0 Å². The molecule has 1 nitrogen and oxygen atoms in total. The molecule has 0 saturated heterocycles. The van der Waals surface area contributed by atoms with Gasteiger partial charge >= 0.3 is 199 Å². The number of rotatable bonds is 16. The van der Waals surface area contributed by atoms with E-state index in [4.69, 9.17) is 4.74 Å². The van der Waals surface area contributed by atoms with Gasteiger partial charge in [-0.15, -0.1) is 0 Å². The molecule has 0 aliphatic heterocycles. The first kappa shape index (κ1) is 28.2. The van der Waals surface area contributed by atoms with Crippen LogP contribution in [0.2, 0.25) is 13.3 Å². The molecule has 0 atom stereocenters. The maximum atomic E-state index is 5.28. The van der Waals surface area contributed by atoms with E-state index >= 15 is 0 Å². The number of hydrogen-bond acceptors (Lipinski definition) is 1. The van der Waals surface area contributed by atoms with Gasteiger partial charge in [0.25, 0.3) is 0 Å². The Morgan fingerprint density at radius 1 is 0.774 bits per heavy atom. The third kappa shape index (κ3) is 11.0. The van der Waals surface area contributed by atoms with Crippen LogP contribution in [-0.2, 0) is 0 Å². The van der Waals surface area contributed by atoms with Crippen molar-refractivity contribution in [2.75, 3.05) is 7.11 Å². The van der Waals surface area contributed by atoms with E-state index < -0.39 is 18.4 Å². The van der Waals surface area contributed by atoms with Gasteiger partial charge in [0.1, 0.15) is 0 Å². The van der Waals surface area contributed by atoms with Gasteiger partial charge in [-0.3, -0.25) is 0 Å². The van der Waals surface area contributed by atoms with Gasteiger partial charge in [-0.2, -0.15) is 0 Å². The van der Waals surface area contributed by atoms with E-state index in [-0.39, 0.29) is 0 Å². The van der Waals surface area contributed by atoms with Gasteiger partial charge in [-0.1, -0.05) is 0 Å². The average Bonchev–Trinajstić information content (AvgIpc) is 2.81. The van der Waals surface area contributed by atoms with Gasteiger partial charge in [0.2, 0.25) is 0 Å². The topological polar surface area (TPSA) is 9.23 Å². The number of unbranched alkanes of at least 4 members (excludes halogenated alkanes) is 6. The first-order chi connectivity index (χ1) is 15.2. The maximum absolute atomic E-state index is 5.28. The molecule has 0 amide bonds. The van der Waals surface area contributed by atoms with Crippen LogP contribution in [-0.4, -0.2) is 25.5 Å². The summed E-state index contributed by atoms with van der Waals surface area (Å²) in [7, 11) is 1.71. The Morgan fingerprint density at radius 3 is 1.81 bits per heavy atom. The zero-order chi connectivity index (χ0) is 22.8. The second-order valence-corrected chi connectivity index (χ2v) is 22.5. The Bertz CT molecular complexity index is 640. The SMILES string of the molecule is CCCCCC/[C](=C\C#Cc1ccc(OC)cc1)[Sn]([CH2]CCC)([CH2]CCC)[CH2]CCC. The van der Waals surface area contributed by atoms with Crippen LogP contribution in [0.15, 0.2) is 33.9 Å². The molecule has 1 rings (SSSR count). The number of hydrogen-bond donors (Lipinski definition) is 0. The van der Waals surface area contributed by atoms with Gasteiger partial charge in [0.05, 0.1) is 0 Å². The van der Waals surface area contributed by atoms with Crippen molar-refractivity contribution in [2.45, 2.75) is 112 Å². The summed E-state index contributed by atoms with van der Waals surface area (Å²) in [6, 6.07) is 8.16. The standard InChI is InChI=1S/C17H21O.3C4H9.Sn/c1-3-4-5-6-7-8-9-10-11-16-12-14-17(18-2)15-13-16;3*1-3-4-2;/h9,12-15H,3-7H2,1-2H3;3*1,3-4H2,2H3;. The van der Waals surface area contributed by atoms with E-state index in [1.165, 1.54) is 83.9 Å². The summed E-state index contributed by atoms with van der Waals surface area (Å²) in [5.74, 6) is 7.83. The third-order valence-corrected chi connectivity index (χ3v) is 22.8. The quantitative estimate of drug-likeness (QED) is 0.117. The molecule has 0 saturated carbocycles. The second-order valence-electron chi connectivity index (χ2n) is 9.07. The number of ether oxygens (including phenoxy) is 1. The molecule has 31 heavy (non-hydrogen) atoms. The fourth-order valence-electron chi connectivity index (χ4n) is 4.52. The average molecular weight is 531 g/mol. The summed E-state index contributed by atoms with van der Waals surface area (Å²) in [5.41, 5.74) is 1.08. The second kappa shape index (κ2) is 17.6. The van der Waals surface area contributed by atoms with E-state index in [0.717, 1.165) is 11.3 Å². The summed E-state index contributed by atoms with van der Waals surface area (Å²) in [4.78, 5) is 0. The summed E-state index contributed by atoms with van der Waals surface area (Å²) in [6.45, 7) is 9.41. The van der Waals surface area contributed by atoms with Crippen LogP contribution in [0.5, 0.6) is 5.75 Å². The molecule has 0 radical (unpaired) electrons. The Morgan fingerprint density at radius 2 is 1.32 bits per heavy atom. The van der Waals surface area contributed by atoms with E-state index in [1.807, 2.05) is 15.7 Å². The molecule has 0 fully saturated rings. The number of benzene rings is 1. The fraction of sp³-hybridized carbons (Fsp3) is 0.655. The van der Waals surface area contributed by atoms with Crippen molar-refractivity contribution in [3.63, 3.8) is 0 Å². The molecular weight excluding hydrogens is 483 g/mol. The predicted molar refractivity (Wildman–Crippen MR) is 142 cm³/mol. The molecule has 0 aromatic heterocycles. The van der Waals surface area contributed by atoms with Gasteiger partial charge in [0.15, 0.2) is 0 Å². The number of allylic oxidation sites excluding steroid dienone is 2. The molecule has 0 bridgehead atoms. The first-order valence-electron chi connectivity index (χ1n) is 13.0. The Hall–Kier alpha value is -0.881. The van der Waals surface area contributed by atoms with Crippen molar-refractivity contribution < 1.29 is 4.74 Å². The minimum absolute atomic E-state index is 0.895. The molecule has 0 unspecified atom stereocenters. The van der Waals surface area contributed by atoms with Crippen LogP contribution >= 0.6 is 0 Å². The minimum atomic E-state index is -2.39. The zero-order valence-electron chi connectivity index (χ0n) is 21.2. The zero-order valence-corrected chi connectivity index (χ0v) is 24.0. The Labute approximate surface area is 198 Å². The van der Waals surface area contributed by atoms with Crippen molar-refractivity contribution in [2.24, 2.45) is 0 Å². The summed E-state index contributed by atoms with van der Waals surface area (Å²) < 4.78 is 11.7. The van der Waals surface area contributed by atoms with Crippen molar-refractivity contribution in [3.8, 4) is 17.6 Å². The van der Waals surface area contributed by atoms with Gasteiger partial charge < -0.3 is 0 Å². The van der Waals surface area contributed by atoms with E-state index in [1.54, 1.807) is 7.11 Å². The Kier molecular flexibility index (Phi) is 16.0. The van der Waals surface area contributed by atoms with E-state index in [2.05, 4.69) is 57.7 Å². The normalized spacial score (nSPS) is 11.8. The van der Waals surface area contributed by atoms with Crippen molar-refractivity contribution in [1.29, 1.82) is 0 Å². The van der Waals surface area contributed by atoms with Crippen LogP contribution < -0.4 is 4.74 Å². The molecule has 1 aromatic carbocycles.